The maximum absolute atomic E-state index is 6.27. The number of oxazole rings is 2. The van der Waals surface area contributed by atoms with E-state index < -0.39 is 0 Å². The third-order valence-corrected chi connectivity index (χ3v) is 10.4. The molecule has 0 radical (unpaired) electrons. The number of anilines is 1. The Bertz CT molecular complexity index is 2420. The Labute approximate surface area is 307 Å². The molecule has 3 aromatic heterocycles. The summed E-state index contributed by atoms with van der Waals surface area (Å²) in [6.07, 6.45) is 5.25. The van der Waals surface area contributed by atoms with Gasteiger partial charge in [-0.25, -0.2) is 15.0 Å². The smallest absolute Gasteiger partial charge is 0.227 e. The first-order valence-corrected chi connectivity index (χ1v) is 18.5. The fourth-order valence-electron chi connectivity index (χ4n) is 7.50. The predicted molar refractivity (Wildman–Crippen MR) is 208 cm³/mol. The van der Waals surface area contributed by atoms with Crippen LogP contribution in [0.25, 0.3) is 67.5 Å². The van der Waals surface area contributed by atoms with E-state index >= 15 is 0 Å². The number of nitrogens with zero attached hydrogens (tertiary/aromatic N) is 4. The van der Waals surface area contributed by atoms with Gasteiger partial charge in [-0.05, 0) is 98.2 Å². The summed E-state index contributed by atoms with van der Waals surface area (Å²) in [5.74, 6) is 2.92. The summed E-state index contributed by atoms with van der Waals surface area (Å²) < 4.78 is 25.2. The lowest BCUT2D eigenvalue weighted by Gasteiger charge is -2.26. The summed E-state index contributed by atoms with van der Waals surface area (Å²) in [4.78, 5) is 14.2. The number of hydrogen-bond acceptors (Lipinski definition) is 8. The Morgan fingerprint density at radius 3 is 1.79 bits per heavy atom. The van der Waals surface area contributed by atoms with Crippen molar-refractivity contribution in [1.82, 2.24) is 19.5 Å². The van der Waals surface area contributed by atoms with E-state index in [4.69, 9.17) is 29.0 Å². The zero-order valence-electron chi connectivity index (χ0n) is 29.5. The zero-order valence-corrected chi connectivity index (χ0v) is 29.5. The van der Waals surface area contributed by atoms with Crippen molar-refractivity contribution in [2.75, 3.05) is 32.2 Å². The van der Waals surface area contributed by atoms with Crippen LogP contribution in [-0.4, -0.2) is 45.9 Å². The van der Waals surface area contributed by atoms with Crippen LogP contribution in [0.15, 0.2) is 124 Å². The topological polar surface area (TPSA) is 114 Å². The lowest BCUT2D eigenvalue weighted by molar-refractivity contribution is 0.0666. The van der Waals surface area contributed by atoms with Gasteiger partial charge in [0.2, 0.25) is 11.8 Å². The van der Waals surface area contributed by atoms with Crippen LogP contribution >= 0.6 is 0 Å². The molecule has 5 aromatic carbocycles. The molecule has 266 valence electrons. The van der Waals surface area contributed by atoms with Crippen LogP contribution in [0, 0.1) is 5.92 Å². The maximum Gasteiger partial charge on any atom is 0.227 e. The van der Waals surface area contributed by atoms with Crippen molar-refractivity contribution in [2.24, 2.45) is 5.92 Å². The molecule has 0 atom stereocenters. The van der Waals surface area contributed by atoms with E-state index in [9.17, 15) is 0 Å². The van der Waals surface area contributed by atoms with Gasteiger partial charge in [0.15, 0.2) is 11.2 Å². The molecule has 2 fully saturated rings. The van der Waals surface area contributed by atoms with Gasteiger partial charge < -0.3 is 28.6 Å². The van der Waals surface area contributed by atoms with Gasteiger partial charge in [-0.1, -0.05) is 60.7 Å². The number of aromatic nitrogens is 4. The van der Waals surface area contributed by atoms with E-state index in [-0.39, 0.29) is 0 Å². The van der Waals surface area contributed by atoms with Crippen LogP contribution < -0.4 is 5.73 Å². The minimum atomic E-state index is 0.383. The standard InChI is InChI=1S/C25H21N3O2.C19H20N2O2/c1-2-6-17(7-3-1)24-26-21-16-18(25-27-20-8-4-5-9-23(20)30-25)10-11-22(21)28(24)19-12-14-29-15-13-19;20-16-12-15(19-21-17-3-1-2-4-18(17)23-19)6-5-14(16)11-13-7-9-22-10-8-13/h1-11,16,19H,12-15H2;1-6,12-13H,7-11,20H2. The molecular weight excluding hydrogens is 663 g/mol. The number of nitrogen functional groups attached to an aromatic ring is 1. The van der Waals surface area contributed by atoms with E-state index in [1.165, 1.54) is 5.56 Å². The number of hydrogen-bond donors (Lipinski definition) is 1. The molecule has 10 rings (SSSR count). The lowest BCUT2D eigenvalue weighted by Crippen LogP contribution is -2.20. The van der Waals surface area contributed by atoms with E-state index in [0.717, 1.165) is 120 Å². The maximum atomic E-state index is 6.27. The molecule has 9 nitrogen and oxygen atoms in total. The van der Waals surface area contributed by atoms with Gasteiger partial charge in [-0.2, -0.15) is 0 Å². The average Bonchev–Trinajstić information content (AvgIpc) is 3.95. The molecule has 0 spiro atoms. The molecule has 53 heavy (non-hydrogen) atoms. The number of nitrogens with two attached hydrogens (primary N) is 1. The number of ether oxygens (including phenoxy) is 2. The Kier molecular flexibility index (Phi) is 9.17. The molecule has 0 unspecified atom stereocenters. The van der Waals surface area contributed by atoms with Gasteiger partial charge in [-0.15, -0.1) is 0 Å². The Morgan fingerprint density at radius 1 is 0.566 bits per heavy atom. The SMILES string of the molecule is Nc1cc(-c2nc3ccccc3o2)ccc1CC1CCOCC1.c1ccc(-c2nc3cc(-c4nc5ccccc5o4)ccc3n2C2CCOCC2)cc1. The molecule has 9 heteroatoms. The zero-order chi connectivity index (χ0) is 35.6. The summed E-state index contributed by atoms with van der Waals surface area (Å²) in [6.45, 7) is 3.32. The number of benzene rings is 5. The van der Waals surface area contributed by atoms with Crippen molar-refractivity contribution in [2.45, 2.75) is 38.1 Å². The highest BCUT2D eigenvalue weighted by molar-refractivity contribution is 5.86. The predicted octanol–water partition coefficient (Wildman–Crippen LogP) is 9.91. The normalized spacial score (nSPS) is 15.5. The van der Waals surface area contributed by atoms with Gasteiger partial charge in [0, 0.05) is 54.8 Å². The summed E-state index contributed by atoms with van der Waals surface area (Å²) >= 11 is 0. The average molecular weight is 704 g/mol. The molecule has 0 aliphatic carbocycles. The van der Waals surface area contributed by atoms with Gasteiger partial charge in [0.25, 0.3) is 0 Å². The first-order chi connectivity index (χ1) is 26.2. The highest BCUT2D eigenvalue weighted by Crippen LogP contribution is 2.35. The van der Waals surface area contributed by atoms with Crippen LogP contribution in [0.1, 0.15) is 37.3 Å². The highest BCUT2D eigenvalue weighted by atomic mass is 16.5. The minimum absolute atomic E-state index is 0.383. The Hall–Kier alpha value is -5.77. The van der Waals surface area contributed by atoms with Crippen molar-refractivity contribution in [1.29, 1.82) is 0 Å². The molecule has 2 aliphatic rings. The first-order valence-electron chi connectivity index (χ1n) is 18.5. The molecule has 2 saturated heterocycles. The second-order valence-electron chi connectivity index (χ2n) is 13.9. The number of imidazole rings is 1. The van der Waals surface area contributed by atoms with E-state index in [0.29, 0.717) is 23.7 Å². The Balaban J connectivity index is 0.000000146. The van der Waals surface area contributed by atoms with Crippen LogP contribution in [0.3, 0.4) is 0 Å². The molecule has 5 heterocycles. The van der Waals surface area contributed by atoms with Crippen molar-refractivity contribution >= 4 is 38.9 Å². The van der Waals surface area contributed by atoms with E-state index in [1.807, 2.05) is 60.7 Å². The molecule has 2 N–H and O–H groups in total. The van der Waals surface area contributed by atoms with Gasteiger partial charge in [0.05, 0.1) is 11.0 Å². The second kappa shape index (κ2) is 14.7. The molecule has 0 amide bonds. The molecule has 0 saturated carbocycles. The molecular formula is C44H41N5O4. The number of rotatable bonds is 6. The summed E-state index contributed by atoms with van der Waals surface area (Å²) in [6, 6.07) is 38.9. The molecule has 2 aliphatic heterocycles. The number of para-hydroxylation sites is 4. The van der Waals surface area contributed by atoms with Crippen molar-refractivity contribution < 1.29 is 18.3 Å². The fourth-order valence-corrected chi connectivity index (χ4v) is 7.50. The summed E-state index contributed by atoms with van der Waals surface area (Å²) in [5, 5.41) is 0. The third-order valence-electron chi connectivity index (χ3n) is 10.4. The summed E-state index contributed by atoms with van der Waals surface area (Å²) in [7, 11) is 0. The van der Waals surface area contributed by atoms with Gasteiger partial charge >= 0.3 is 0 Å². The van der Waals surface area contributed by atoms with Crippen LogP contribution in [0.2, 0.25) is 0 Å². The van der Waals surface area contributed by atoms with Gasteiger partial charge in [-0.3, -0.25) is 0 Å². The van der Waals surface area contributed by atoms with Crippen LogP contribution in [-0.2, 0) is 15.9 Å². The largest absolute Gasteiger partial charge is 0.436 e. The minimum Gasteiger partial charge on any atom is -0.436 e. The molecule has 8 aromatic rings. The molecule has 0 bridgehead atoms. The lowest BCUT2D eigenvalue weighted by atomic mass is 9.91. The number of fused-ring (bicyclic) bond motifs is 3. The summed E-state index contributed by atoms with van der Waals surface area (Å²) in [5.41, 5.74) is 16.7. The van der Waals surface area contributed by atoms with Crippen LogP contribution in [0.4, 0.5) is 5.69 Å². The van der Waals surface area contributed by atoms with Crippen molar-refractivity contribution in [3.05, 3.63) is 121 Å². The highest BCUT2D eigenvalue weighted by Gasteiger charge is 2.23. The quantitative estimate of drug-likeness (QED) is 0.170. The van der Waals surface area contributed by atoms with Crippen molar-refractivity contribution in [3.63, 3.8) is 0 Å². The van der Waals surface area contributed by atoms with E-state index in [2.05, 4.69) is 69.1 Å². The van der Waals surface area contributed by atoms with Crippen molar-refractivity contribution in [3.8, 4) is 34.3 Å². The first kappa shape index (κ1) is 33.1. The monoisotopic (exact) mass is 703 g/mol. The van der Waals surface area contributed by atoms with E-state index in [1.54, 1.807) is 0 Å². The second-order valence-corrected chi connectivity index (χ2v) is 13.9. The van der Waals surface area contributed by atoms with Gasteiger partial charge in [0.1, 0.15) is 16.9 Å². The van der Waals surface area contributed by atoms with Crippen LogP contribution in [0.5, 0.6) is 0 Å². The third kappa shape index (κ3) is 6.93. The Morgan fingerprint density at radius 2 is 1.15 bits per heavy atom. The fraction of sp³-hybridized carbons (Fsp3) is 0.250.